The lowest BCUT2D eigenvalue weighted by molar-refractivity contribution is 0.348. The fourth-order valence-corrected chi connectivity index (χ4v) is 2.25. The summed E-state index contributed by atoms with van der Waals surface area (Å²) in [4.78, 5) is 8.21. The molecule has 1 aliphatic carbocycles. The number of nitrogens with zero attached hydrogens (tertiary/aromatic N) is 2. The summed E-state index contributed by atoms with van der Waals surface area (Å²) < 4.78 is 5.08. The molecule has 16 heavy (non-hydrogen) atoms. The lowest BCUT2D eigenvalue weighted by atomic mass is 9.86. The Morgan fingerprint density at radius 3 is 2.88 bits per heavy atom. The minimum Gasteiger partial charge on any atom is -0.481 e. The summed E-state index contributed by atoms with van der Waals surface area (Å²) in [6.07, 6.45) is 6.73. The first kappa shape index (κ1) is 11.2. The van der Waals surface area contributed by atoms with Gasteiger partial charge in [-0.3, -0.25) is 0 Å². The van der Waals surface area contributed by atoms with Gasteiger partial charge >= 0.3 is 0 Å². The van der Waals surface area contributed by atoms with Crippen molar-refractivity contribution in [2.45, 2.75) is 38.6 Å². The molecule has 4 heteroatoms. The standard InChI is InChI=1S/C12H19N3O/c1-9-5-3-4-6-10(9)15-11-7-12(16-2)14-8-13-11/h7-10H,3-6H2,1-2H3,(H,13,14,15). The maximum Gasteiger partial charge on any atom is 0.218 e. The molecule has 1 aliphatic rings. The summed E-state index contributed by atoms with van der Waals surface area (Å²) in [5, 5.41) is 3.47. The average molecular weight is 221 g/mol. The van der Waals surface area contributed by atoms with Crippen LogP contribution in [-0.2, 0) is 0 Å². The fourth-order valence-electron chi connectivity index (χ4n) is 2.25. The number of ether oxygens (including phenoxy) is 1. The second-order valence-electron chi connectivity index (χ2n) is 4.46. The van der Waals surface area contributed by atoms with Gasteiger partial charge in [0.25, 0.3) is 0 Å². The smallest absolute Gasteiger partial charge is 0.218 e. The third-order valence-electron chi connectivity index (χ3n) is 3.30. The van der Waals surface area contributed by atoms with Gasteiger partial charge in [0.1, 0.15) is 12.1 Å². The molecule has 88 valence electrons. The van der Waals surface area contributed by atoms with Gasteiger partial charge in [-0.2, -0.15) is 0 Å². The Hall–Kier alpha value is -1.32. The molecule has 0 aromatic carbocycles. The molecule has 0 radical (unpaired) electrons. The van der Waals surface area contributed by atoms with Gasteiger partial charge in [-0.25, -0.2) is 9.97 Å². The molecule has 0 aliphatic heterocycles. The highest BCUT2D eigenvalue weighted by atomic mass is 16.5. The van der Waals surface area contributed by atoms with E-state index in [0.29, 0.717) is 11.9 Å². The van der Waals surface area contributed by atoms with Crippen LogP contribution < -0.4 is 10.1 Å². The summed E-state index contributed by atoms with van der Waals surface area (Å²) >= 11 is 0. The summed E-state index contributed by atoms with van der Waals surface area (Å²) in [5.74, 6) is 2.20. The van der Waals surface area contributed by atoms with Crippen LogP contribution in [-0.4, -0.2) is 23.1 Å². The minimum atomic E-state index is 0.536. The number of anilines is 1. The van der Waals surface area contributed by atoms with Crippen molar-refractivity contribution in [1.82, 2.24) is 9.97 Å². The molecule has 2 unspecified atom stereocenters. The fraction of sp³-hybridized carbons (Fsp3) is 0.667. The molecule has 1 aromatic heterocycles. The van der Waals surface area contributed by atoms with E-state index in [4.69, 9.17) is 4.74 Å². The van der Waals surface area contributed by atoms with Crippen molar-refractivity contribution in [3.8, 4) is 5.88 Å². The van der Waals surface area contributed by atoms with E-state index in [1.165, 1.54) is 32.0 Å². The van der Waals surface area contributed by atoms with E-state index in [9.17, 15) is 0 Å². The molecule has 2 rings (SSSR count). The SMILES string of the molecule is COc1cc(NC2CCCCC2C)ncn1. The van der Waals surface area contributed by atoms with Gasteiger partial charge in [0.15, 0.2) is 0 Å². The van der Waals surface area contributed by atoms with Gasteiger partial charge in [-0.05, 0) is 18.8 Å². The van der Waals surface area contributed by atoms with Crippen LogP contribution >= 0.6 is 0 Å². The van der Waals surface area contributed by atoms with Crippen LogP contribution in [0.2, 0.25) is 0 Å². The minimum absolute atomic E-state index is 0.536. The highest BCUT2D eigenvalue weighted by molar-refractivity contribution is 5.38. The van der Waals surface area contributed by atoms with E-state index < -0.39 is 0 Å². The molecule has 2 atom stereocenters. The Morgan fingerprint density at radius 2 is 2.12 bits per heavy atom. The monoisotopic (exact) mass is 221 g/mol. The molecule has 1 heterocycles. The number of hydrogen-bond acceptors (Lipinski definition) is 4. The predicted molar refractivity (Wildman–Crippen MR) is 63.6 cm³/mol. The zero-order valence-electron chi connectivity index (χ0n) is 9.94. The molecule has 0 spiro atoms. The molecule has 0 bridgehead atoms. The molecule has 1 N–H and O–H groups in total. The van der Waals surface area contributed by atoms with E-state index in [-0.39, 0.29) is 0 Å². The summed E-state index contributed by atoms with van der Waals surface area (Å²) in [5.41, 5.74) is 0. The first-order valence-corrected chi connectivity index (χ1v) is 5.92. The number of hydrogen-bond donors (Lipinski definition) is 1. The first-order chi connectivity index (χ1) is 7.79. The normalized spacial score (nSPS) is 25.1. The Bertz CT molecular complexity index is 343. The van der Waals surface area contributed by atoms with Gasteiger partial charge in [-0.1, -0.05) is 19.8 Å². The average Bonchev–Trinajstić information content (AvgIpc) is 2.32. The second kappa shape index (κ2) is 5.14. The van der Waals surface area contributed by atoms with Crippen LogP contribution in [0.3, 0.4) is 0 Å². The Balaban J connectivity index is 2.01. The van der Waals surface area contributed by atoms with Crippen molar-refractivity contribution >= 4 is 5.82 Å². The van der Waals surface area contributed by atoms with Crippen molar-refractivity contribution in [3.63, 3.8) is 0 Å². The van der Waals surface area contributed by atoms with E-state index in [1.54, 1.807) is 7.11 Å². The number of methoxy groups -OCH3 is 1. The molecular formula is C12H19N3O. The molecule has 1 fully saturated rings. The second-order valence-corrected chi connectivity index (χ2v) is 4.46. The van der Waals surface area contributed by atoms with Crippen molar-refractivity contribution in [2.75, 3.05) is 12.4 Å². The van der Waals surface area contributed by atoms with Crippen molar-refractivity contribution < 1.29 is 4.74 Å². The van der Waals surface area contributed by atoms with E-state index in [2.05, 4.69) is 22.2 Å². The van der Waals surface area contributed by atoms with Crippen LogP contribution in [0.15, 0.2) is 12.4 Å². The number of aromatic nitrogens is 2. The topological polar surface area (TPSA) is 47.0 Å². The van der Waals surface area contributed by atoms with Crippen LogP contribution in [0, 0.1) is 5.92 Å². The number of nitrogens with one attached hydrogen (secondary N) is 1. The van der Waals surface area contributed by atoms with E-state index >= 15 is 0 Å². The Kier molecular flexibility index (Phi) is 3.59. The molecule has 4 nitrogen and oxygen atoms in total. The van der Waals surface area contributed by atoms with Crippen molar-refractivity contribution in [3.05, 3.63) is 12.4 Å². The quantitative estimate of drug-likeness (QED) is 0.851. The van der Waals surface area contributed by atoms with Gasteiger partial charge in [0, 0.05) is 12.1 Å². The zero-order valence-corrected chi connectivity index (χ0v) is 9.94. The van der Waals surface area contributed by atoms with Crippen LogP contribution in [0.1, 0.15) is 32.6 Å². The van der Waals surface area contributed by atoms with Gasteiger partial charge in [0.05, 0.1) is 7.11 Å². The van der Waals surface area contributed by atoms with Crippen molar-refractivity contribution in [1.29, 1.82) is 0 Å². The Morgan fingerprint density at radius 1 is 1.31 bits per heavy atom. The number of rotatable bonds is 3. The molecule has 0 amide bonds. The molecule has 1 aromatic rings. The Labute approximate surface area is 96.4 Å². The molecule has 0 saturated heterocycles. The predicted octanol–water partition coefficient (Wildman–Crippen LogP) is 2.48. The van der Waals surface area contributed by atoms with Crippen LogP contribution in [0.5, 0.6) is 5.88 Å². The summed E-state index contributed by atoms with van der Waals surface area (Å²) in [6, 6.07) is 2.38. The maximum absolute atomic E-state index is 5.08. The third kappa shape index (κ3) is 2.62. The highest BCUT2D eigenvalue weighted by Crippen LogP contribution is 2.26. The summed E-state index contributed by atoms with van der Waals surface area (Å²) in [7, 11) is 1.62. The lowest BCUT2D eigenvalue weighted by Crippen LogP contribution is -2.30. The molecular weight excluding hydrogens is 202 g/mol. The van der Waals surface area contributed by atoms with E-state index in [0.717, 1.165) is 11.7 Å². The lowest BCUT2D eigenvalue weighted by Gasteiger charge is -2.29. The largest absolute Gasteiger partial charge is 0.481 e. The third-order valence-corrected chi connectivity index (χ3v) is 3.30. The van der Waals surface area contributed by atoms with Crippen molar-refractivity contribution in [2.24, 2.45) is 5.92 Å². The van der Waals surface area contributed by atoms with E-state index in [1.807, 2.05) is 6.07 Å². The van der Waals surface area contributed by atoms with Gasteiger partial charge in [0.2, 0.25) is 5.88 Å². The van der Waals surface area contributed by atoms with Crippen LogP contribution in [0.25, 0.3) is 0 Å². The zero-order chi connectivity index (χ0) is 11.4. The van der Waals surface area contributed by atoms with Crippen LogP contribution in [0.4, 0.5) is 5.82 Å². The highest BCUT2D eigenvalue weighted by Gasteiger charge is 2.21. The van der Waals surface area contributed by atoms with Gasteiger partial charge < -0.3 is 10.1 Å². The first-order valence-electron chi connectivity index (χ1n) is 5.92. The van der Waals surface area contributed by atoms with Gasteiger partial charge in [-0.15, -0.1) is 0 Å². The maximum atomic E-state index is 5.08. The summed E-state index contributed by atoms with van der Waals surface area (Å²) in [6.45, 7) is 2.30. The molecule has 1 saturated carbocycles.